The molecule has 1 fully saturated rings. The standard InChI is InChI=1S/C40H39N5/c1-31(32-14-6-3-7-15-32)36-20-12-13-21-37(36)40(34-16-8-4-9-17-34,35-18-10-5-11-19-35)45-25-24-38(42-45)33-22-23-39(41-30-33)44-28-26-43(2)27-29-44/h3-25,30-31H,26-29H2,1-2H3. The molecule has 0 radical (unpaired) electrons. The minimum atomic E-state index is -0.715. The van der Waals surface area contributed by atoms with E-state index in [1.54, 1.807) is 0 Å². The van der Waals surface area contributed by atoms with Gasteiger partial charge in [-0.05, 0) is 53.1 Å². The van der Waals surface area contributed by atoms with E-state index in [2.05, 4.69) is 168 Å². The number of likely N-dealkylation sites (N-methyl/N-ethyl adjacent to an activating group) is 1. The van der Waals surface area contributed by atoms with Gasteiger partial charge in [-0.25, -0.2) is 4.98 Å². The van der Waals surface area contributed by atoms with E-state index in [0.29, 0.717) is 0 Å². The lowest BCUT2D eigenvalue weighted by Crippen LogP contribution is -2.44. The number of nitrogens with zero attached hydrogens (tertiary/aromatic N) is 5. The summed E-state index contributed by atoms with van der Waals surface area (Å²) in [6, 6.07) is 47.6. The van der Waals surface area contributed by atoms with Crippen molar-refractivity contribution >= 4 is 5.82 Å². The molecular weight excluding hydrogens is 550 g/mol. The first-order valence-electron chi connectivity index (χ1n) is 15.9. The Morgan fingerprint density at radius 3 is 1.87 bits per heavy atom. The van der Waals surface area contributed by atoms with Gasteiger partial charge in [0.25, 0.3) is 0 Å². The van der Waals surface area contributed by atoms with Gasteiger partial charge in [-0.15, -0.1) is 0 Å². The highest BCUT2D eigenvalue weighted by atomic mass is 15.3. The van der Waals surface area contributed by atoms with Gasteiger partial charge in [-0.2, -0.15) is 5.10 Å². The second-order valence-electron chi connectivity index (χ2n) is 12.0. The first-order valence-corrected chi connectivity index (χ1v) is 15.9. The fraction of sp³-hybridized carbons (Fsp3) is 0.200. The molecule has 1 aliphatic rings. The maximum Gasteiger partial charge on any atom is 0.138 e. The van der Waals surface area contributed by atoms with E-state index >= 15 is 0 Å². The van der Waals surface area contributed by atoms with Crippen LogP contribution in [0.1, 0.15) is 40.7 Å². The van der Waals surface area contributed by atoms with E-state index < -0.39 is 5.54 Å². The number of hydrogen-bond acceptors (Lipinski definition) is 4. The predicted molar refractivity (Wildman–Crippen MR) is 184 cm³/mol. The second kappa shape index (κ2) is 12.5. The molecule has 3 heterocycles. The molecule has 0 N–H and O–H groups in total. The van der Waals surface area contributed by atoms with Crippen LogP contribution < -0.4 is 4.90 Å². The van der Waals surface area contributed by atoms with E-state index in [4.69, 9.17) is 10.1 Å². The second-order valence-corrected chi connectivity index (χ2v) is 12.0. The van der Waals surface area contributed by atoms with E-state index in [-0.39, 0.29) is 5.92 Å². The Balaban J connectivity index is 1.39. The highest BCUT2D eigenvalue weighted by molar-refractivity contribution is 5.61. The van der Waals surface area contributed by atoms with Crippen molar-refractivity contribution in [2.75, 3.05) is 38.1 Å². The van der Waals surface area contributed by atoms with Crippen molar-refractivity contribution in [2.24, 2.45) is 0 Å². The van der Waals surface area contributed by atoms with Crippen molar-refractivity contribution < 1.29 is 0 Å². The van der Waals surface area contributed by atoms with Gasteiger partial charge in [0.05, 0.1) is 5.69 Å². The average Bonchev–Trinajstić information content (AvgIpc) is 3.61. The SMILES string of the molecule is CC(c1ccccc1)c1ccccc1C(c1ccccc1)(c1ccccc1)n1ccc(-c2ccc(N3CCN(C)CC3)nc2)n1. The predicted octanol–water partition coefficient (Wildman–Crippen LogP) is 7.69. The fourth-order valence-corrected chi connectivity index (χ4v) is 6.77. The number of aromatic nitrogens is 3. The van der Waals surface area contributed by atoms with E-state index in [0.717, 1.165) is 54.4 Å². The zero-order valence-electron chi connectivity index (χ0n) is 26.0. The first kappa shape index (κ1) is 28.8. The minimum Gasteiger partial charge on any atom is -0.354 e. The van der Waals surface area contributed by atoms with Crippen molar-refractivity contribution in [3.63, 3.8) is 0 Å². The molecule has 5 heteroatoms. The van der Waals surface area contributed by atoms with Crippen molar-refractivity contribution in [3.05, 3.63) is 174 Å². The molecule has 0 spiro atoms. The van der Waals surface area contributed by atoms with Gasteiger partial charge < -0.3 is 9.80 Å². The van der Waals surface area contributed by atoms with Crippen molar-refractivity contribution in [1.82, 2.24) is 19.7 Å². The number of pyridine rings is 1. The molecule has 1 atom stereocenters. The normalized spacial score (nSPS) is 14.8. The molecule has 0 aliphatic carbocycles. The summed E-state index contributed by atoms with van der Waals surface area (Å²) in [4.78, 5) is 9.61. The number of rotatable bonds is 8. The van der Waals surface area contributed by atoms with Crippen LogP contribution >= 0.6 is 0 Å². The first-order chi connectivity index (χ1) is 22.1. The smallest absolute Gasteiger partial charge is 0.138 e. The zero-order valence-corrected chi connectivity index (χ0v) is 26.0. The van der Waals surface area contributed by atoms with E-state index in [1.807, 2.05) is 6.20 Å². The summed E-state index contributed by atoms with van der Waals surface area (Å²) >= 11 is 0. The molecule has 1 unspecified atom stereocenters. The third-order valence-corrected chi connectivity index (χ3v) is 9.30. The Hall–Kier alpha value is -5.00. The maximum absolute atomic E-state index is 5.36. The molecule has 4 aromatic carbocycles. The molecule has 5 nitrogen and oxygen atoms in total. The molecule has 0 amide bonds. The topological polar surface area (TPSA) is 37.2 Å². The van der Waals surface area contributed by atoms with Crippen molar-refractivity contribution in [2.45, 2.75) is 18.4 Å². The van der Waals surface area contributed by atoms with Crippen molar-refractivity contribution in [3.8, 4) is 11.3 Å². The quantitative estimate of drug-likeness (QED) is 0.171. The number of hydrogen-bond donors (Lipinski definition) is 0. The maximum atomic E-state index is 5.36. The summed E-state index contributed by atoms with van der Waals surface area (Å²) in [5.74, 6) is 1.20. The Bertz CT molecular complexity index is 1780. The van der Waals surface area contributed by atoms with Gasteiger partial charge in [0, 0.05) is 50.1 Å². The van der Waals surface area contributed by atoms with E-state index in [1.165, 1.54) is 16.7 Å². The molecule has 45 heavy (non-hydrogen) atoms. The molecular formula is C40H39N5. The summed E-state index contributed by atoms with van der Waals surface area (Å²) in [7, 11) is 2.18. The molecule has 1 aliphatic heterocycles. The third-order valence-electron chi connectivity index (χ3n) is 9.30. The Kier molecular flexibility index (Phi) is 8.02. The van der Waals surface area contributed by atoms with Crippen LogP contribution in [0, 0.1) is 0 Å². The fourth-order valence-electron chi connectivity index (χ4n) is 6.77. The van der Waals surface area contributed by atoms with Crippen LogP contribution in [0.4, 0.5) is 5.82 Å². The number of anilines is 1. The van der Waals surface area contributed by atoms with Gasteiger partial charge in [0.2, 0.25) is 0 Å². The van der Waals surface area contributed by atoms with Crippen LogP contribution in [0.5, 0.6) is 0 Å². The molecule has 7 rings (SSSR count). The highest BCUT2D eigenvalue weighted by Gasteiger charge is 2.41. The summed E-state index contributed by atoms with van der Waals surface area (Å²) in [6.45, 7) is 6.40. The summed E-state index contributed by atoms with van der Waals surface area (Å²) in [6.07, 6.45) is 4.10. The molecule has 0 saturated carbocycles. The monoisotopic (exact) mass is 589 g/mol. The highest BCUT2D eigenvalue weighted by Crippen LogP contribution is 2.44. The van der Waals surface area contributed by atoms with E-state index in [9.17, 15) is 0 Å². The van der Waals surface area contributed by atoms with Gasteiger partial charge in [0.1, 0.15) is 11.4 Å². The molecule has 0 bridgehead atoms. The van der Waals surface area contributed by atoms with Crippen LogP contribution in [0.15, 0.2) is 146 Å². The minimum absolute atomic E-state index is 0.176. The van der Waals surface area contributed by atoms with Crippen LogP contribution in [-0.2, 0) is 5.54 Å². The summed E-state index contributed by atoms with van der Waals surface area (Å²) in [5, 5.41) is 5.36. The van der Waals surface area contributed by atoms with Gasteiger partial charge in [-0.3, -0.25) is 4.68 Å². The Morgan fingerprint density at radius 1 is 0.644 bits per heavy atom. The van der Waals surface area contributed by atoms with Crippen LogP contribution in [0.3, 0.4) is 0 Å². The lowest BCUT2D eigenvalue weighted by molar-refractivity contribution is 0.312. The number of benzene rings is 4. The number of piperazine rings is 1. The molecule has 224 valence electrons. The lowest BCUT2D eigenvalue weighted by atomic mass is 9.73. The zero-order chi connectivity index (χ0) is 30.6. The lowest BCUT2D eigenvalue weighted by Gasteiger charge is -2.38. The van der Waals surface area contributed by atoms with Crippen LogP contribution in [0.25, 0.3) is 11.3 Å². The largest absolute Gasteiger partial charge is 0.354 e. The van der Waals surface area contributed by atoms with Gasteiger partial charge >= 0.3 is 0 Å². The molecule has 6 aromatic rings. The molecule has 2 aromatic heterocycles. The Labute approximate surface area is 266 Å². The third kappa shape index (κ3) is 5.45. The molecule has 1 saturated heterocycles. The Morgan fingerprint density at radius 2 is 1.24 bits per heavy atom. The summed E-state index contributed by atoms with van der Waals surface area (Å²) in [5.41, 5.74) is 7.26. The summed E-state index contributed by atoms with van der Waals surface area (Å²) < 4.78 is 2.16. The van der Waals surface area contributed by atoms with Crippen molar-refractivity contribution in [1.29, 1.82) is 0 Å². The van der Waals surface area contributed by atoms with Crippen LogP contribution in [0.2, 0.25) is 0 Å². The van der Waals surface area contributed by atoms with Crippen LogP contribution in [-0.4, -0.2) is 52.9 Å². The van der Waals surface area contributed by atoms with Gasteiger partial charge in [-0.1, -0.05) is 122 Å². The van der Waals surface area contributed by atoms with Gasteiger partial charge in [0.15, 0.2) is 0 Å². The average molecular weight is 590 g/mol.